The highest BCUT2D eigenvalue weighted by atomic mass is 127. The first-order chi connectivity index (χ1) is 9.06. The minimum atomic E-state index is -0.118. The number of nitrogens with two attached hydrogens (primary N) is 1. The zero-order chi connectivity index (χ0) is 13.8. The third kappa shape index (κ3) is 3.94. The summed E-state index contributed by atoms with van der Waals surface area (Å²) in [4.78, 5) is 0. The number of hydrogen-bond donors (Lipinski definition) is 1. The highest BCUT2D eigenvalue weighted by Crippen LogP contribution is 2.24. The Hall–Kier alpha value is -1.07. The Morgan fingerprint density at radius 2 is 1.68 bits per heavy atom. The van der Waals surface area contributed by atoms with Gasteiger partial charge in [-0.25, -0.2) is 0 Å². The van der Waals surface area contributed by atoms with Gasteiger partial charge in [-0.2, -0.15) is 0 Å². The second-order valence-electron chi connectivity index (χ2n) is 4.77. The summed E-state index contributed by atoms with van der Waals surface area (Å²) < 4.78 is 6.92. The number of rotatable bonds is 4. The number of halogens is 1. The van der Waals surface area contributed by atoms with Crippen molar-refractivity contribution in [3.63, 3.8) is 0 Å². The molecule has 0 saturated carbocycles. The normalized spacial score (nSPS) is 12.5. The van der Waals surface area contributed by atoms with Crippen LogP contribution in [0.1, 0.15) is 31.0 Å². The van der Waals surface area contributed by atoms with Crippen molar-refractivity contribution in [1.82, 2.24) is 0 Å². The molecule has 0 aliphatic rings. The molecular weight excluding hydrogens is 349 g/mol. The maximum absolute atomic E-state index is 6.31. The predicted octanol–water partition coefficient (Wildman–Crippen LogP) is 4.13. The van der Waals surface area contributed by atoms with Crippen molar-refractivity contribution < 1.29 is 4.74 Å². The fraction of sp³-hybridized carbons (Fsp3) is 0.250. The number of hydrogen-bond acceptors (Lipinski definition) is 2. The molecule has 0 aliphatic heterocycles. The summed E-state index contributed by atoms with van der Waals surface area (Å²) in [6, 6.07) is 16.2. The van der Waals surface area contributed by atoms with Crippen LogP contribution in [-0.2, 0) is 0 Å². The molecule has 2 nitrogen and oxygen atoms in total. The largest absolute Gasteiger partial charge is 0.491 e. The van der Waals surface area contributed by atoms with Crippen molar-refractivity contribution in [2.45, 2.75) is 26.0 Å². The van der Waals surface area contributed by atoms with E-state index >= 15 is 0 Å². The lowest BCUT2D eigenvalue weighted by molar-refractivity contribution is 0.242. The molecule has 0 saturated heterocycles. The van der Waals surface area contributed by atoms with E-state index < -0.39 is 0 Å². The van der Waals surface area contributed by atoms with Gasteiger partial charge in [-0.3, -0.25) is 0 Å². The van der Waals surface area contributed by atoms with Crippen molar-refractivity contribution >= 4 is 22.6 Å². The quantitative estimate of drug-likeness (QED) is 0.825. The molecule has 100 valence electrons. The molecule has 1 unspecified atom stereocenters. The van der Waals surface area contributed by atoms with E-state index in [0.717, 1.165) is 16.9 Å². The van der Waals surface area contributed by atoms with Crippen LogP contribution in [0.4, 0.5) is 0 Å². The second-order valence-corrected chi connectivity index (χ2v) is 6.01. The van der Waals surface area contributed by atoms with Crippen LogP contribution in [0.15, 0.2) is 48.5 Å². The fourth-order valence-electron chi connectivity index (χ4n) is 1.92. The van der Waals surface area contributed by atoms with Crippen molar-refractivity contribution in [2.24, 2.45) is 5.73 Å². The summed E-state index contributed by atoms with van der Waals surface area (Å²) in [6.07, 6.45) is 0.171. The molecular formula is C16H18INO. The van der Waals surface area contributed by atoms with Crippen molar-refractivity contribution in [1.29, 1.82) is 0 Å². The Kier molecular flexibility index (Phi) is 4.82. The highest BCUT2D eigenvalue weighted by Gasteiger charge is 2.10. The molecule has 3 heteroatoms. The Morgan fingerprint density at radius 3 is 2.32 bits per heavy atom. The van der Waals surface area contributed by atoms with Crippen LogP contribution < -0.4 is 10.5 Å². The molecule has 0 aromatic heterocycles. The van der Waals surface area contributed by atoms with Crippen LogP contribution in [0.2, 0.25) is 0 Å². The monoisotopic (exact) mass is 367 g/mol. The minimum Gasteiger partial charge on any atom is -0.491 e. The van der Waals surface area contributed by atoms with Gasteiger partial charge in [-0.15, -0.1) is 0 Å². The molecule has 0 bridgehead atoms. The maximum Gasteiger partial charge on any atom is 0.120 e. The van der Waals surface area contributed by atoms with Gasteiger partial charge in [0.25, 0.3) is 0 Å². The SMILES string of the molecule is CC(C)Oc1cccc(C(N)c2ccc(I)cc2)c1. The molecule has 2 aromatic carbocycles. The first-order valence-electron chi connectivity index (χ1n) is 6.34. The van der Waals surface area contributed by atoms with Gasteiger partial charge in [0.15, 0.2) is 0 Å². The van der Waals surface area contributed by atoms with Crippen LogP contribution in [0, 0.1) is 3.57 Å². The van der Waals surface area contributed by atoms with Crippen molar-refractivity contribution in [2.75, 3.05) is 0 Å². The van der Waals surface area contributed by atoms with Crippen molar-refractivity contribution in [3.05, 3.63) is 63.2 Å². The zero-order valence-corrected chi connectivity index (χ0v) is 13.3. The number of benzene rings is 2. The maximum atomic E-state index is 6.31. The predicted molar refractivity (Wildman–Crippen MR) is 87.4 cm³/mol. The molecule has 0 amide bonds. The zero-order valence-electron chi connectivity index (χ0n) is 11.1. The third-order valence-electron chi connectivity index (χ3n) is 2.82. The summed E-state index contributed by atoms with van der Waals surface area (Å²) in [5.41, 5.74) is 8.49. The van der Waals surface area contributed by atoms with Crippen LogP contribution in [-0.4, -0.2) is 6.10 Å². The molecule has 0 aliphatic carbocycles. The van der Waals surface area contributed by atoms with E-state index in [0.29, 0.717) is 0 Å². The van der Waals surface area contributed by atoms with Gasteiger partial charge in [0.1, 0.15) is 5.75 Å². The van der Waals surface area contributed by atoms with E-state index in [-0.39, 0.29) is 12.1 Å². The summed E-state index contributed by atoms with van der Waals surface area (Å²) in [6.45, 7) is 4.04. The fourth-order valence-corrected chi connectivity index (χ4v) is 2.28. The molecule has 2 rings (SSSR count). The van der Waals surface area contributed by atoms with Crippen LogP contribution in [0.5, 0.6) is 5.75 Å². The molecule has 0 radical (unpaired) electrons. The molecule has 2 N–H and O–H groups in total. The Labute approximate surface area is 128 Å². The first-order valence-corrected chi connectivity index (χ1v) is 7.42. The average molecular weight is 367 g/mol. The van der Waals surface area contributed by atoms with Gasteiger partial charge in [0.2, 0.25) is 0 Å². The van der Waals surface area contributed by atoms with Gasteiger partial charge in [-0.05, 0) is 71.8 Å². The standard InChI is InChI=1S/C16H18INO/c1-11(2)19-15-5-3-4-13(10-15)16(18)12-6-8-14(17)9-7-12/h3-11,16H,18H2,1-2H3. The molecule has 19 heavy (non-hydrogen) atoms. The van der Waals surface area contributed by atoms with Crippen LogP contribution >= 0.6 is 22.6 Å². The van der Waals surface area contributed by atoms with E-state index in [9.17, 15) is 0 Å². The topological polar surface area (TPSA) is 35.2 Å². The molecule has 1 atom stereocenters. The lowest BCUT2D eigenvalue weighted by Gasteiger charge is -2.15. The summed E-state index contributed by atoms with van der Waals surface area (Å²) in [5, 5.41) is 0. The smallest absolute Gasteiger partial charge is 0.120 e. The van der Waals surface area contributed by atoms with E-state index in [2.05, 4.69) is 46.9 Å². The Balaban J connectivity index is 2.23. The summed E-state index contributed by atoms with van der Waals surface area (Å²) in [7, 11) is 0. The minimum absolute atomic E-state index is 0.118. The Bertz CT molecular complexity index is 537. The first kappa shape index (κ1) is 14.3. The van der Waals surface area contributed by atoms with E-state index in [1.807, 2.05) is 38.1 Å². The molecule has 0 spiro atoms. The lowest BCUT2D eigenvalue weighted by Crippen LogP contribution is -2.12. The van der Waals surface area contributed by atoms with Crippen molar-refractivity contribution in [3.8, 4) is 5.75 Å². The number of ether oxygens (including phenoxy) is 1. The van der Waals surface area contributed by atoms with Crippen LogP contribution in [0.25, 0.3) is 0 Å². The van der Waals surface area contributed by atoms with E-state index in [1.54, 1.807) is 0 Å². The second kappa shape index (κ2) is 6.39. The molecule has 2 aromatic rings. The van der Waals surface area contributed by atoms with E-state index in [4.69, 9.17) is 10.5 Å². The van der Waals surface area contributed by atoms with Gasteiger partial charge in [0, 0.05) is 3.57 Å². The highest BCUT2D eigenvalue weighted by molar-refractivity contribution is 14.1. The van der Waals surface area contributed by atoms with Gasteiger partial charge >= 0.3 is 0 Å². The van der Waals surface area contributed by atoms with Gasteiger partial charge < -0.3 is 10.5 Å². The van der Waals surface area contributed by atoms with E-state index in [1.165, 1.54) is 3.57 Å². The molecule has 0 heterocycles. The third-order valence-corrected chi connectivity index (χ3v) is 3.54. The summed E-state index contributed by atoms with van der Waals surface area (Å²) >= 11 is 2.29. The lowest BCUT2D eigenvalue weighted by atomic mass is 9.99. The molecule has 0 fully saturated rings. The van der Waals surface area contributed by atoms with Crippen LogP contribution in [0.3, 0.4) is 0 Å². The average Bonchev–Trinajstić information content (AvgIpc) is 2.38. The van der Waals surface area contributed by atoms with Gasteiger partial charge in [-0.1, -0.05) is 24.3 Å². The summed E-state index contributed by atoms with van der Waals surface area (Å²) in [5.74, 6) is 0.869. The Morgan fingerprint density at radius 1 is 1.00 bits per heavy atom. The van der Waals surface area contributed by atoms with Gasteiger partial charge in [0.05, 0.1) is 12.1 Å².